The monoisotopic (exact) mass is 495 g/mol. The molecule has 3 aromatic rings. The fraction of sp³-hybridized carbons (Fsp3) is 0.409. The van der Waals surface area contributed by atoms with E-state index in [1.54, 1.807) is 7.05 Å². The molecule has 4 atom stereocenters. The summed E-state index contributed by atoms with van der Waals surface area (Å²) in [5, 5.41) is 17.8. The number of amides is 1. The highest BCUT2D eigenvalue weighted by Crippen LogP contribution is 2.34. The highest BCUT2D eigenvalue weighted by atomic mass is 32.1. The summed E-state index contributed by atoms with van der Waals surface area (Å²) in [7, 11) is 1.68. The molecule has 0 aliphatic carbocycles. The summed E-state index contributed by atoms with van der Waals surface area (Å²) in [4.78, 5) is 16.9. The number of rotatable bonds is 5. The number of aromatic nitrogens is 3. The van der Waals surface area contributed by atoms with Crippen molar-refractivity contribution in [2.45, 2.75) is 44.2 Å². The second-order valence-corrected chi connectivity index (χ2v) is 9.03. The van der Waals surface area contributed by atoms with Crippen LogP contribution in [0, 0.1) is 11.6 Å². The van der Waals surface area contributed by atoms with Gasteiger partial charge < -0.3 is 20.9 Å². The van der Waals surface area contributed by atoms with Crippen molar-refractivity contribution in [2.24, 2.45) is 12.8 Å². The van der Waals surface area contributed by atoms with Crippen LogP contribution in [0.2, 0.25) is 0 Å². The topological polar surface area (TPSA) is 115 Å². The fourth-order valence-electron chi connectivity index (χ4n) is 3.80. The third-order valence-corrected chi connectivity index (χ3v) is 6.58. The first-order chi connectivity index (χ1) is 16.2. The van der Waals surface area contributed by atoms with Gasteiger partial charge in [0.1, 0.15) is 34.6 Å². The number of carbonyl (C=O) groups excluding carboxylic acids is 1. The molecule has 34 heavy (non-hydrogen) atoms. The molecule has 8 nitrogen and oxygen atoms in total. The Morgan fingerprint density at radius 3 is 2.74 bits per heavy atom. The quantitative estimate of drug-likeness (QED) is 0.498. The van der Waals surface area contributed by atoms with Crippen molar-refractivity contribution in [1.82, 2.24) is 14.8 Å². The number of nitrogens with one attached hydrogen (secondary N) is 1. The van der Waals surface area contributed by atoms with E-state index in [4.69, 9.17) is 10.5 Å². The van der Waals surface area contributed by atoms with E-state index in [9.17, 15) is 23.1 Å². The molecule has 1 amide bonds. The van der Waals surface area contributed by atoms with Crippen LogP contribution in [-0.2, 0) is 11.8 Å². The molecule has 1 aromatic carbocycles. The minimum absolute atomic E-state index is 0.0150. The average Bonchev–Trinajstić information content (AvgIpc) is 3.36. The van der Waals surface area contributed by atoms with Crippen LogP contribution in [0.3, 0.4) is 0 Å². The second kappa shape index (κ2) is 9.82. The first-order valence-electron chi connectivity index (χ1n) is 10.6. The van der Waals surface area contributed by atoms with Gasteiger partial charge in [-0.1, -0.05) is 0 Å². The standard InChI is InChI=1S/C22H24F3N5O3S/c1-10(31)11-5-12(23)19(13(24)6-11)22-29-17(9-34-22)21(32)28-16-7-27-30(2)20(16)18-4-3-15(26)14(25)8-33-18/h5-7,9-10,14-15,18,31H,3-4,8,26H2,1-2H3,(H,28,32)/t10-,14+,15+,18-/m0/s1. The van der Waals surface area contributed by atoms with Crippen molar-refractivity contribution in [3.63, 3.8) is 0 Å². The zero-order chi connectivity index (χ0) is 24.6. The molecule has 1 saturated heterocycles. The summed E-state index contributed by atoms with van der Waals surface area (Å²) in [5.74, 6) is -2.38. The van der Waals surface area contributed by atoms with Crippen molar-refractivity contribution < 1.29 is 27.8 Å². The summed E-state index contributed by atoms with van der Waals surface area (Å²) < 4.78 is 50.2. The van der Waals surface area contributed by atoms with E-state index in [0.717, 1.165) is 23.5 Å². The van der Waals surface area contributed by atoms with E-state index in [2.05, 4.69) is 15.4 Å². The zero-order valence-electron chi connectivity index (χ0n) is 18.5. The number of nitrogens with zero attached hydrogens (tertiary/aromatic N) is 3. The van der Waals surface area contributed by atoms with Crippen LogP contribution in [0.25, 0.3) is 10.6 Å². The number of anilines is 1. The molecule has 2 aromatic heterocycles. The molecule has 4 rings (SSSR count). The number of alkyl halides is 1. The Labute approximate surface area is 197 Å². The molecule has 4 N–H and O–H groups in total. The lowest BCUT2D eigenvalue weighted by Gasteiger charge is -2.17. The molecule has 3 heterocycles. The maximum atomic E-state index is 14.5. The number of aliphatic hydroxyl groups excluding tert-OH is 1. The predicted octanol–water partition coefficient (Wildman–Crippen LogP) is 3.64. The van der Waals surface area contributed by atoms with Crippen LogP contribution in [0.4, 0.5) is 18.9 Å². The van der Waals surface area contributed by atoms with Crippen molar-refractivity contribution >= 4 is 22.9 Å². The van der Waals surface area contributed by atoms with Crippen LogP contribution in [0.1, 0.15) is 53.7 Å². The molecule has 1 aliphatic heterocycles. The third-order valence-electron chi connectivity index (χ3n) is 5.72. The Morgan fingerprint density at radius 2 is 2.06 bits per heavy atom. The maximum Gasteiger partial charge on any atom is 0.275 e. The van der Waals surface area contributed by atoms with Crippen molar-refractivity contribution in [3.8, 4) is 10.6 Å². The van der Waals surface area contributed by atoms with Gasteiger partial charge in [0.05, 0.1) is 35.9 Å². The van der Waals surface area contributed by atoms with E-state index in [1.807, 2.05) is 0 Å². The van der Waals surface area contributed by atoms with Crippen molar-refractivity contribution in [3.05, 3.63) is 52.3 Å². The summed E-state index contributed by atoms with van der Waals surface area (Å²) in [6.45, 7) is 1.24. The number of carbonyl (C=O) groups is 1. The summed E-state index contributed by atoms with van der Waals surface area (Å²) in [6, 6.07) is 1.44. The first kappa shape index (κ1) is 24.3. The minimum atomic E-state index is -1.28. The predicted molar refractivity (Wildman–Crippen MR) is 120 cm³/mol. The number of nitrogens with two attached hydrogens (primary N) is 1. The Hall–Kier alpha value is -2.80. The zero-order valence-corrected chi connectivity index (χ0v) is 19.3. The molecular formula is C22H24F3N5O3S. The SMILES string of the molecule is C[C@H](O)c1cc(F)c(-c2nc(C(=O)Nc3cnn(C)c3[C@@H]3CC[C@@H](N)[C@H](F)CO3)cs2)c(F)c1. The number of benzene rings is 1. The van der Waals surface area contributed by atoms with E-state index in [-0.39, 0.29) is 28.4 Å². The molecule has 0 spiro atoms. The molecule has 12 heteroatoms. The van der Waals surface area contributed by atoms with Gasteiger partial charge in [0.25, 0.3) is 5.91 Å². The van der Waals surface area contributed by atoms with Gasteiger partial charge in [0.2, 0.25) is 0 Å². The Kier molecular flexibility index (Phi) is 7.03. The number of aryl methyl sites for hydroxylation is 1. The number of aliphatic hydroxyl groups is 1. The van der Waals surface area contributed by atoms with E-state index in [1.165, 1.54) is 23.2 Å². The summed E-state index contributed by atoms with van der Waals surface area (Å²) in [6.07, 6.45) is -0.531. The number of hydrogen-bond acceptors (Lipinski definition) is 7. The number of ether oxygens (including phenoxy) is 1. The van der Waals surface area contributed by atoms with Crippen LogP contribution >= 0.6 is 11.3 Å². The molecule has 1 fully saturated rings. The molecule has 1 aliphatic rings. The Balaban J connectivity index is 1.55. The minimum Gasteiger partial charge on any atom is -0.389 e. The van der Waals surface area contributed by atoms with Crippen LogP contribution < -0.4 is 11.1 Å². The van der Waals surface area contributed by atoms with Gasteiger partial charge in [-0.3, -0.25) is 9.48 Å². The summed E-state index contributed by atoms with van der Waals surface area (Å²) >= 11 is 0.909. The molecule has 0 radical (unpaired) electrons. The van der Waals surface area contributed by atoms with E-state index >= 15 is 0 Å². The molecule has 182 valence electrons. The van der Waals surface area contributed by atoms with Crippen LogP contribution in [0.5, 0.6) is 0 Å². The Morgan fingerprint density at radius 1 is 1.35 bits per heavy atom. The van der Waals surface area contributed by atoms with Crippen molar-refractivity contribution in [2.75, 3.05) is 11.9 Å². The smallest absolute Gasteiger partial charge is 0.275 e. The number of hydrogen-bond donors (Lipinski definition) is 3. The van der Waals surface area contributed by atoms with Crippen molar-refractivity contribution in [1.29, 1.82) is 0 Å². The lowest BCUT2D eigenvalue weighted by molar-refractivity contribution is 0.0247. The highest BCUT2D eigenvalue weighted by Gasteiger charge is 2.30. The third kappa shape index (κ3) is 4.85. The highest BCUT2D eigenvalue weighted by molar-refractivity contribution is 7.13. The van der Waals surface area contributed by atoms with Gasteiger partial charge in [-0.15, -0.1) is 11.3 Å². The largest absolute Gasteiger partial charge is 0.389 e. The average molecular weight is 496 g/mol. The molecule has 0 saturated carbocycles. The fourth-order valence-corrected chi connectivity index (χ4v) is 4.64. The maximum absolute atomic E-state index is 14.5. The number of thiazole rings is 1. The van der Waals surface area contributed by atoms with Gasteiger partial charge in [-0.25, -0.2) is 18.2 Å². The van der Waals surface area contributed by atoms with Gasteiger partial charge in [-0.2, -0.15) is 5.10 Å². The van der Waals surface area contributed by atoms with Gasteiger partial charge in [-0.05, 0) is 37.5 Å². The molecule has 0 bridgehead atoms. The number of halogens is 3. The van der Waals surface area contributed by atoms with Gasteiger partial charge in [0.15, 0.2) is 0 Å². The normalized spacial score (nSPS) is 21.8. The van der Waals surface area contributed by atoms with E-state index in [0.29, 0.717) is 24.2 Å². The van der Waals surface area contributed by atoms with Gasteiger partial charge >= 0.3 is 0 Å². The second-order valence-electron chi connectivity index (χ2n) is 8.17. The van der Waals surface area contributed by atoms with Crippen LogP contribution in [-0.4, -0.2) is 44.6 Å². The first-order valence-corrected chi connectivity index (χ1v) is 11.5. The van der Waals surface area contributed by atoms with Crippen LogP contribution in [0.15, 0.2) is 23.7 Å². The Bertz CT molecular complexity index is 1160. The van der Waals surface area contributed by atoms with E-state index < -0.39 is 42.0 Å². The molecular weight excluding hydrogens is 471 g/mol. The van der Waals surface area contributed by atoms with Gasteiger partial charge in [0, 0.05) is 18.5 Å². The summed E-state index contributed by atoms with van der Waals surface area (Å²) in [5.41, 5.74) is 6.39. The lowest BCUT2D eigenvalue weighted by atomic mass is 10.0. The molecule has 0 unspecified atom stereocenters. The lowest BCUT2D eigenvalue weighted by Crippen LogP contribution is -2.32.